The molecular formula is C29H25N5O2. The third kappa shape index (κ3) is 5.84. The Hall–Kier alpha value is -4.75. The highest BCUT2D eigenvalue weighted by Gasteiger charge is 2.11. The summed E-state index contributed by atoms with van der Waals surface area (Å²) in [6.45, 7) is 0. The summed E-state index contributed by atoms with van der Waals surface area (Å²) < 4.78 is 0. The van der Waals surface area contributed by atoms with Crippen LogP contribution < -0.4 is 5.73 Å². The van der Waals surface area contributed by atoms with Crippen LogP contribution in [0.1, 0.15) is 28.3 Å². The molecule has 0 fully saturated rings. The Morgan fingerprint density at radius 3 is 1.44 bits per heavy atom. The summed E-state index contributed by atoms with van der Waals surface area (Å²) in [6, 6.07) is 24.9. The number of carboxylic acid groups (broad SMARTS) is 1. The van der Waals surface area contributed by atoms with Gasteiger partial charge in [-0.3, -0.25) is 4.79 Å². The monoisotopic (exact) mass is 475 g/mol. The number of benzene rings is 1. The molecule has 0 saturated carbocycles. The maximum atomic E-state index is 10.4. The van der Waals surface area contributed by atoms with Crippen LogP contribution in [0.25, 0.3) is 46.4 Å². The van der Waals surface area contributed by atoms with E-state index >= 15 is 0 Å². The first-order valence-electron chi connectivity index (χ1n) is 11.6. The van der Waals surface area contributed by atoms with Crippen LogP contribution >= 0.6 is 0 Å². The number of rotatable bonds is 3. The number of hydrogen-bond acceptors (Lipinski definition) is 4. The first-order valence-corrected chi connectivity index (χ1v) is 11.6. The zero-order valence-corrected chi connectivity index (χ0v) is 19.4. The van der Waals surface area contributed by atoms with Crippen molar-refractivity contribution in [2.75, 3.05) is 0 Å². The molecule has 4 aromatic rings. The van der Waals surface area contributed by atoms with Gasteiger partial charge in [-0.15, -0.1) is 0 Å². The lowest BCUT2D eigenvalue weighted by molar-refractivity contribution is -0.138. The molecule has 7 heteroatoms. The highest BCUT2D eigenvalue weighted by molar-refractivity contribution is 5.77. The lowest BCUT2D eigenvalue weighted by atomic mass is 10.1. The second-order valence-electron chi connectivity index (χ2n) is 8.54. The van der Waals surface area contributed by atoms with Crippen LogP contribution in [0.2, 0.25) is 0 Å². The fourth-order valence-electron chi connectivity index (χ4n) is 3.90. The Morgan fingerprint density at radius 1 is 0.694 bits per heavy atom. The van der Waals surface area contributed by atoms with Crippen LogP contribution in [0.5, 0.6) is 0 Å². The van der Waals surface area contributed by atoms with Crippen molar-refractivity contribution >= 4 is 52.3 Å². The molecule has 0 aliphatic carbocycles. The number of H-pyrrole nitrogens is 2. The zero-order chi connectivity index (χ0) is 24.9. The lowest BCUT2D eigenvalue weighted by Crippen LogP contribution is -2.32. The number of aromatic amines is 2. The second kappa shape index (κ2) is 10.2. The van der Waals surface area contributed by atoms with E-state index in [1.54, 1.807) is 0 Å². The molecule has 8 bridgehead atoms. The molecule has 0 radical (unpaired) electrons. The summed E-state index contributed by atoms with van der Waals surface area (Å²) in [5.41, 5.74) is 14.2. The lowest BCUT2D eigenvalue weighted by Gasteiger charge is -2.04. The molecule has 5 N–H and O–H groups in total. The highest BCUT2D eigenvalue weighted by Crippen LogP contribution is 2.17. The minimum absolute atomic E-state index is 0.385. The Bertz CT molecular complexity index is 1440. The Labute approximate surface area is 207 Å². The molecule has 5 heterocycles. The van der Waals surface area contributed by atoms with Crippen molar-refractivity contribution in [2.45, 2.75) is 12.5 Å². The Balaban J connectivity index is 0.000000189. The Kier molecular flexibility index (Phi) is 6.55. The van der Waals surface area contributed by atoms with Crippen molar-refractivity contribution in [3.05, 3.63) is 107 Å². The molecule has 1 atom stereocenters. The zero-order valence-electron chi connectivity index (χ0n) is 19.4. The smallest absolute Gasteiger partial charge is 0.320 e. The number of nitrogens with one attached hydrogen (secondary N) is 2. The molecule has 7 nitrogen and oxygen atoms in total. The van der Waals surface area contributed by atoms with Gasteiger partial charge in [0.1, 0.15) is 6.04 Å². The van der Waals surface area contributed by atoms with Gasteiger partial charge in [0.25, 0.3) is 0 Å². The number of aliphatic carboxylic acids is 1. The molecule has 1 aromatic carbocycles. The number of nitrogens with zero attached hydrogens (tertiary/aromatic N) is 2. The predicted octanol–water partition coefficient (Wildman–Crippen LogP) is 5.30. The standard InChI is InChI=1S/C20H14N4.C9H11NO2/c1-2-14-10-16-5-6-18(23-16)12-20-8-7-19(24-20)11-17-4-3-15(22-17)9-13(1)21-14;10-8(9(11)12)6-7-4-2-1-3-5-7/h1-12,21,24H;1-5,8H,6,10H2,(H,11,12). The number of fused-ring (bicyclic) bond motifs is 8. The van der Waals surface area contributed by atoms with E-state index in [4.69, 9.17) is 10.8 Å². The SMILES string of the molecule is C1=Cc2cc3ccc(cc4nc(cc5ccc(cc1n2)[nH]5)C=C4)[nH]3.NC(Cc1ccccc1)C(=O)O. The van der Waals surface area contributed by atoms with Gasteiger partial charge in [0.2, 0.25) is 0 Å². The third-order valence-electron chi connectivity index (χ3n) is 5.66. The molecule has 178 valence electrons. The van der Waals surface area contributed by atoms with Crippen molar-refractivity contribution in [3.63, 3.8) is 0 Å². The number of hydrogen-bond donors (Lipinski definition) is 4. The van der Waals surface area contributed by atoms with Crippen LogP contribution in [0.4, 0.5) is 0 Å². The largest absolute Gasteiger partial charge is 0.480 e. The minimum Gasteiger partial charge on any atom is -0.480 e. The van der Waals surface area contributed by atoms with Crippen molar-refractivity contribution < 1.29 is 9.90 Å². The predicted molar refractivity (Wildman–Crippen MR) is 145 cm³/mol. The van der Waals surface area contributed by atoms with Crippen LogP contribution in [0.15, 0.2) is 78.9 Å². The van der Waals surface area contributed by atoms with Gasteiger partial charge in [-0.1, -0.05) is 30.3 Å². The van der Waals surface area contributed by atoms with Gasteiger partial charge in [-0.05, 0) is 84.8 Å². The first kappa shape index (κ1) is 23.0. The van der Waals surface area contributed by atoms with Gasteiger partial charge in [0.15, 0.2) is 0 Å². The van der Waals surface area contributed by atoms with Gasteiger partial charge >= 0.3 is 5.97 Å². The van der Waals surface area contributed by atoms with Gasteiger partial charge in [0.05, 0.1) is 22.8 Å². The van der Waals surface area contributed by atoms with Gasteiger partial charge in [-0.2, -0.15) is 0 Å². The summed E-state index contributed by atoms with van der Waals surface area (Å²) in [4.78, 5) is 26.4. The van der Waals surface area contributed by atoms with E-state index in [0.29, 0.717) is 6.42 Å². The maximum Gasteiger partial charge on any atom is 0.320 e. The van der Waals surface area contributed by atoms with E-state index in [-0.39, 0.29) is 0 Å². The molecular weight excluding hydrogens is 450 g/mol. The van der Waals surface area contributed by atoms with E-state index in [2.05, 4.69) is 44.2 Å². The second-order valence-corrected chi connectivity index (χ2v) is 8.54. The van der Waals surface area contributed by atoms with Crippen LogP contribution in [0.3, 0.4) is 0 Å². The van der Waals surface area contributed by atoms with E-state index in [9.17, 15) is 4.79 Å². The number of nitrogens with two attached hydrogens (primary N) is 1. The minimum atomic E-state index is -0.959. The van der Waals surface area contributed by atoms with Gasteiger partial charge < -0.3 is 20.8 Å². The molecule has 2 aliphatic heterocycles. The topological polar surface area (TPSA) is 121 Å². The van der Waals surface area contributed by atoms with Crippen molar-refractivity contribution in [1.82, 2.24) is 19.9 Å². The molecule has 0 saturated heterocycles. The highest BCUT2D eigenvalue weighted by atomic mass is 16.4. The number of aromatic nitrogens is 4. The summed E-state index contributed by atoms with van der Waals surface area (Å²) in [5.74, 6) is -0.959. The van der Waals surface area contributed by atoms with Gasteiger partial charge in [0, 0.05) is 22.1 Å². The van der Waals surface area contributed by atoms with Crippen LogP contribution in [-0.4, -0.2) is 37.1 Å². The molecule has 36 heavy (non-hydrogen) atoms. The molecule has 6 rings (SSSR count). The summed E-state index contributed by atoms with van der Waals surface area (Å²) in [7, 11) is 0. The van der Waals surface area contributed by atoms with Crippen molar-refractivity contribution in [1.29, 1.82) is 0 Å². The fraction of sp³-hybridized carbons (Fsp3) is 0.0690. The normalized spacial score (nSPS) is 12.6. The van der Waals surface area contributed by atoms with E-state index in [1.807, 2.05) is 78.9 Å². The fourth-order valence-corrected chi connectivity index (χ4v) is 3.90. The molecule has 1 unspecified atom stereocenters. The molecule has 0 amide bonds. The average molecular weight is 476 g/mol. The summed E-state index contributed by atoms with van der Waals surface area (Å²) >= 11 is 0. The Morgan fingerprint density at radius 2 is 1.08 bits per heavy atom. The molecule has 2 aliphatic rings. The molecule has 0 spiro atoms. The summed E-state index contributed by atoms with van der Waals surface area (Å²) in [5, 5.41) is 8.52. The van der Waals surface area contributed by atoms with Gasteiger partial charge in [-0.25, -0.2) is 9.97 Å². The molecule has 3 aromatic heterocycles. The first-order chi connectivity index (χ1) is 17.5. The van der Waals surface area contributed by atoms with Crippen LogP contribution in [-0.2, 0) is 11.2 Å². The van der Waals surface area contributed by atoms with Crippen molar-refractivity contribution in [3.8, 4) is 0 Å². The number of carbonyl (C=O) groups is 1. The van der Waals surface area contributed by atoms with E-state index < -0.39 is 12.0 Å². The average Bonchev–Trinajstić information content (AvgIpc) is 3.66. The summed E-state index contributed by atoms with van der Waals surface area (Å²) in [6.07, 6.45) is 8.48. The third-order valence-corrected chi connectivity index (χ3v) is 5.66. The van der Waals surface area contributed by atoms with E-state index in [1.165, 1.54) is 0 Å². The maximum absolute atomic E-state index is 10.4. The van der Waals surface area contributed by atoms with Crippen molar-refractivity contribution in [2.24, 2.45) is 5.73 Å². The quantitative estimate of drug-likeness (QED) is 0.277. The number of carboxylic acids is 1. The van der Waals surface area contributed by atoms with Crippen LogP contribution in [0, 0.1) is 0 Å². The van der Waals surface area contributed by atoms with E-state index in [0.717, 1.165) is 50.4 Å².